The third-order valence-corrected chi connectivity index (χ3v) is 1.16. The molecule has 1 rings (SSSR count). The number of nitrogens with zero attached hydrogens (tertiary/aromatic N) is 2. The van der Waals surface area contributed by atoms with Gasteiger partial charge in [0.2, 0.25) is 0 Å². The first-order valence-electron chi connectivity index (χ1n) is 2.85. The average molecular weight is 162 g/mol. The SMILES string of the molecule is Cc1cncnc1C(F)(F)F. The Morgan fingerprint density at radius 1 is 1.36 bits per heavy atom. The summed E-state index contributed by atoms with van der Waals surface area (Å²) in [5.41, 5.74) is -0.826. The third kappa shape index (κ3) is 1.66. The molecule has 0 radical (unpaired) electrons. The van der Waals surface area contributed by atoms with E-state index in [2.05, 4.69) is 9.97 Å². The van der Waals surface area contributed by atoms with Crippen LogP contribution in [-0.2, 0) is 6.18 Å². The fourth-order valence-electron chi connectivity index (χ4n) is 0.696. The Balaban J connectivity index is 3.14. The summed E-state index contributed by atoms with van der Waals surface area (Å²) in [5.74, 6) is 0. The summed E-state index contributed by atoms with van der Waals surface area (Å²) in [5, 5.41) is 0. The molecule has 5 heteroatoms. The molecular weight excluding hydrogens is 157 g/mol. The van der Waals surface area contributed by atoms with E-state index in [-0.39, 0.29) is 5.56 Å². The van der Waals surface area contributed by atoms with Gasteiger partial charge in [-0.1, -0.05) is 0 Å². The lowest BCUT2D eigenvalue weighted by Gasteiger charge is -2.06. The Morgan fingerprint density at radius 2 is 2.00 bits per heavy atom. The maximum absolute atomic E-state index is 12.0. The summed E-state index contributed by atoms with van der Waals surface area (Å²) >= 11 is 0. The van der Waals surface area contributed by atoms with Crippen LogP contribution < -0.4 is 0 Å². The molecule has 1 aromatic rings. The van der Waals surface area contributed by atoms with E-state index in [1.807, 2.05) is 0 Å². The first-order valence-corrected chi connectivity index (χ1v) is 2.85. The van der Waals surface area contributed by atoms with Crippen molar-refractivity contribution >= 4 is 0 Å². The average Bonchev–Trinajstić information content (AvgIpc) is 1.86. The molecule has 0 saturated carbocycles. The van der Waals surface area contributed by atoms with Gasteiger partial charge in [-0.25, -0.2) is 9.97 Å². The fourth-order valence-corrected chi connectivity index (χ4v) is 0.696. The fraction of sp³-hybridized carbons (Fsp3) is 0.333. The van der Waals surface area contributed by atoms with E-state index in [4.69, 9.17) is 0 Å². The molecule has 0 aliphatic heterocycles. The van der Waals surface area contributed by atoms with Gasteiger partial charge < -0.3 is 0 Å². The second kappa shape index (κ2) is 2.48. The minimum absolute atomic E-state index is 0.0417. The Morgan fingerprint density at radius 3 is 2.36 bits per heavy atom. The first kappa shape index (κ1) is 7.97. The molecule has 0 saturated heterocycles. The quantitative estimate of drug-likeness (QED) is 0.581. The van der Waals surface area contributed by atoms with Gasteiger partial charge in [-0.2, -0.15) is 13.2 Å². The molecule has 0 aliphatic rings. The predicted molar refractivity (Wildman–Crippen MR) is 31.8 cm³/mol. The Hall–Kier alpha value is -1.13. The smallest absolute Gasteiger partial charge is 0.245 e. The minimum Gasteiger partial charge on any atom is -0.245 e. The van der Waals surface area contributed by atoms with Gasteiger partial charge in [0.1, 0.15) is 6.33 Å². The van der Waals surface area contributed by atoms with Crippen LogP contribution in [0.1, 0.15) is 11.3 Å². The summed E-state index contributed by atoms with van der Waals surface area (Å²) in [6.07, 6.45) is -2.35. The van der Waals surface area contributed by atoms with E-state index in [0.29, 0.717) is 0 Å². The summed E-state index contributed by atoms with van der Waals surface area (Å²) in [6, 6.07) is 0. The van der Waals surface area contributed by atoms with Gasteiger partial charge >= 0.3 is 6.18 Å². The number of halogens is 3. The molecule has 11 heavy (non-hydrogen) atoms. The van der Waals surface area contributed by atoms with Crippen molar-refractivity contribution < 1.29 is 13.2 Å². The largest absolute Gasteiger partial charge is 0.433 e. The maximum Gasteiger partial charge on any atom is 0.433 e. The van der Waals surface area contributed by atoms with E-state index in [1.54, 1.807) is 0 Å². The van der Waals surface area contributed by atoms with Crippen LogP contribution in [-0.4, -0.2) is 9.97 Å². The summed E-state index contributed by atoms with van der Waals surface area (Å²) < 4.78 is 35.9. The molecule has 2 nitrogen and oxygen atoms in total. The highest BCUT2D eigenvalue weighted by Crippen LogP contribution is 2.28. The molecule has 0 aliphatic carbocycles. The Bertz CT molecular complexity index is 256. The summed E-state index contributed by atoms with van der Waals surface area (Å²) in [4.78, 5) is 6.56. The van der Waals surface area contributed by atoms with Gasteiger partial charge in [-0.05, 0) is 12.5 Å². The molecule has 1 heterocycles. The van der Waals surface area contributed by atoms with Gasteiger partial charge in [0.05, 0.1) is 0 Å². The number of alkyl halides is 3. The number of hydrogen-bond donors (Lipinski definition) is 0. The minimum atomic E-state index is -4.37. The van der Waals surface area contributed by atoms with E-state index in [1.165, 1.54) is 6.92 Å². The van der Waals surface area contributed by atoms with Crippen LogP contribution in [0.15, 0.2) is 12.5 Å². The molecule has 1 aromatic heterocycles. The summed E-state index contributed by atoms with van der Waals surface area (Å²) in [6.45, 7) is 1.32. The van der Waals surface area contributed by atoms with Crippen molar-refractivity contribution in [1.29, 1.82) is 0 Å². The monoisotopic (exact) mass is 162 g/mol. The number of hydrogen-bond acceptors (Lipinski definition) is 2. The van der Waals surface area contributed by atoms with Crippen molar-refractivity contribution in [3.05, 3.63) is 23.8 Å². The lowest BCUT2D eigenvalue weighted by Crippen LogP contribution is -2.10. The van der Waals surface area contributed by atoms with Crippen LogP contribution in [0, 0.1) is 6.92 Å². The Labute approximate surface area is 61.1 Å². The Kier molecular flexibility index (Phi) is 1.80. The van der Waals surface area contributed by atoms with Crippen molar-refractivity contribution in [3.8, 4) is 0 Å². The van der Waals surface area contributed by atoms with Crippen LogP contribution in [0.25, 0.3) is 0 Å². The predicted octanol–water partition coefficient (Wildman–Crippen LogP) is 1.80. The second-order valence-electron chi connectivity index (χ2n) is 2.05. The molecule has 60 valence electrons. The summed E-state index contributed by atoms with van der Waals surface area (Å²) in [7, 11) is 0. The van der Waals surface area contributed by atoms with Crippen LogP contribution in [0.4, 0.5) is 13.2 Å². The van der Waals surface area contributed by atoms with Crippen molar-refractivity contribution in [2.75, 3.05) is 0 Å². The van der Waals surface area contributed by atoms with E-state index >= 15 is 0 Å². The van der Waals surface area contributed by atoms with Crippen molar-refractivity contribution in [2.24, 2.45) is 0 Å². The van der Waals surface area contributed by atoms with Crippen LogP contribution >= 0.6 is 0 Å². The number of rotatable bonds is 0. The number of aryl methyl sites for hydroxylation is 1. The molecular formula is C6H5F3N2. The van der Waals surface area contributed by atoms with Crippen molar-refractivity contribution in [1.82, 2.24) is 9.97 Å². The molecule has 0 spiro atoms. The van der Waals surface area contributed by atoms with Gasteiger partial charge in [-0.15, -0.1) is 0 Å². The highest BCUT2D eigenvalue weighted by Gasteiger charge is 2.33. The zero-order chi connectivity index (χ0) is 8.48. The van der Waals surface area contributed by atoms with Crippen LogP contribution in [0.5, 0.6) is 0 Å². The molecule has 0 aromatic carbocycles. The molecule has 0 bridgehead atoms. The number of aromatic nitrogens is 2. The van der Waals surface area contributed by atoms with Crippen LogP contribution in [0.2, 0.25) is 0 Å². The van der Waals surface area contributed by atoms with Crippen molar-refractivity contribution in [2.45, 2.75) is 13.1 Å². The lowest BCUT2D eigenvalue weighted by molar-refractivity contribution is -0.141. The normalized spacial score (nSPS) is 11.6. The van der Waals surface area contributed by atoms with Gasteiger partial charge in [0.25, 0.3) is 0 Å². The van der Waals surface area contributed by atoms with Crippen molar-refractivity contribution in [3.63, 3.8) is 0 Å². The highest BCUT2D eigenvalue weighted by molar-refractivity contribution is 5.16. The van der Waals surface area contributed by atoms with E-state index in [9.17, 15) is 13.2 Å². The highest BCUT2D eigenvalue weighted by atomic mass is 19.4. The zero-order valence-electron chi connectivity index (χ0n) is 5.68. The van der Waals surface area contributed by atoms with Gasteiger partial charge in [-0.3, -0.25) is 0 Å². The molecule has 0 N–H and O–H groups in total. The topological polar surface area (TPSA) is 25.8 Å². The van der Waals surface area contributed by atoms with E-state index < -0.39 is 11.9 Å². The zero-order valence-corrected chi connectivity index (χ0v) is 5.68. The van der Waals surface area contributed by atoms with Crippen LogP contribution in [0.3, 0.4) is 0 Å². The molecule has 0 unspecified atom stereocenters. The molecule has 0 atom stereocenters. The van der Waals surface area contributed by atoms with E-state index in [0.717, 1.165) is 12.5 Å². The second-order valence-corrected chi connectivity index (χ2v) is 2.05. The van der Waals surface area contributed by atoms with Gasteiger partial charge in [0.15, 0.2) is 5.69 Å². The first-order chi connectivity index (χ1) is 5.02. The third-order valence-electron chi connectivity index (χ3n) is 1.16. The van der Waals surface area contributed by atoms with Gasteiger partial charge in [0, 0.05) is 6.20 Å². The standard InChI is InChI=1S/C6H5F3N2/c1-4-2-10-3-11-5(4)6(7,8)9/h2-3H,1H3. The molecule has 0 amide bonds. The molecule has 0 fully saturated rings. The maximum atomic E-state index is 12.0. The lowest BCUT2D eigenvalue weighted by atomic mass is 10.2.